The lowest BCUT2D eigenvalue weighted by molar-refractivity contribution is 0.0385. The van der Waals surface area contributed by atoms with Crippen LogP contribution in [0.3, 0.4) is 0 Å². The third-order valence-electron chi connectivity index (χ3n) is 4.60. The van der Waals surface area contributed by atoms with E-state index < -0.39 is 0 Å². The molecule has 0 N–H and O–H groups in total. The van der Waals surface area contributed by atoms with Crippen molar-refractivity contribution >= 4 is 0 Å². The lowest BCUT2D eigenvalue weighted by atomic mass is 10.1. The van der Waals surface area contributed by atoms with Crippen LogP contribution in [0.4, 0.5) is 0 Å². The van der Waals surface area contributed by atoms with Crippen molar-refractivity contribution in [2.24, 2.45) is 0 Å². The third-order valence-corrected chi connectivity index (χ3v) is 4.60. The molecule has 1 saturated heterocycles. The fraction of sp³-hybridized carbons (Fsp3) is 0.875. The van der Waals surface area contributed by atoms with Gasteiger partial charge in [0.2, 0.25) is 0 Å². The second-order valence-corrected chi connectivity index (χ2v) is 6.06. The number of hydrogen-bond donors (Lipinski definition) is 0. The number of aromatic nitrogens is 3. The summed E-state index contributed by atoms with van der Waals surface area (Å²) in [5, 5.41) is 8.57. The summed E-state index contributed by atoms with van der Waals surface area (Å²) in [5.74, 6) is 0. The van der Waals surface area contributed by atoms with Crippen molar-refractivity contribution in [2.45, 2.75) is 52.3 Å². The first-order chi connectivity index (χ1) is 10.7. The third kappa shape index (κ3) is 5.34. The predicted octanol–water partition coefficient (Wildman–Crippen LogP) is 1.62. The van der Waals surface area contributed by atoms with Crippen LogP contribution in [0.15, 0.2) is 6.20 Å². The first-order valence-electron chi connectivity index (χ1n) is 8.61. The summed E-state index contributed by atoms with van der Waals surface area (Å²) in [6, 6.07) is 0. The number of ether oxygens (including phenoxy) is 1. The minimum absolute atomic E-state index is 0.437. The van der Waals surface area contributed by atoms with E-state index in [0.717, 1.165) is 70.8 Å². The van der Waals surface area contributed by atoms with Crippen molar-refractivity contribution in [2.75, 3.05) is 39.8 Å². The highest BCUT2D eigenvalue weighted by atomic mass is 16.5. The Bertz CT molecular complexity index is 410. The largest absolute Gasteiger partial charge is 0.381 e. The molecule has 0 radical (unpaired) electrons. The van der Waals surface area contributed by atoms with E-state index >= 15 is 0 Å². The smallest absolute Gasteiger partial charge is 0.0967 e. The maximum absolute atomic E-state index is 5.41. The number of nitrogens with zero attached hydrogens (tertiary/aromatic N) is 5. The summed E-state index contributed by atoms with van der Waals surface area (Å²) >= 11 is 0. The van der Waals surface area contributed by atoms with E-state index in [2.05, 4.69) is 40.2 Å². The number of hydrogen-bond acceptors (Lipinski definition) is 5. The molecule has 1 aliphatic rings. The molecule has 2 rings (SSSR count). The van der Waals surface area contributed by atoms with Crippen LogP contribution in [0.25, 0.3) is 0 Å². The van der Waals surface area contributed by atoms with Gasteiger partial charge in [-0.05, 0) is 38.9 Å². The fourth-order valence-corrected chi connectivity index (χ4v) is 3.05. The van der Waals surface area contributed by atoms with E-state index in [0.29, 0.717) is 6.10 Å². The Kier molecular flexibility index (Phi) is 7.29. The van der Waals surface area contributed by atoms with Crippen LogP contribution >= 0.6 is 0 Å². The van der Waals surface area contributed by atoms with Crippen LogP contribution in [0.1, 0.15) is 38.8 Å². The van der Waals surface area contributed by atoms with Gasteiger partial charge in [-0.2, -0.15) is 0 Å². The van der Waals surface area contributed by atoms with Gasteiger partial charge < -0.3 is 9.64 Å². The van der Waals surface area contributed by atoms with Gasteiger partial charge >= 0.3 is 0 Å². The Morgan fingerprint density at radius 2 is 2.00 bits per heavy atom. The summed E-state index contributed by atoms with van der Waals surface area (Å²) in [6.45, 7) is 11.8. The van der Waals surface area contributed by atoms with Gasteiger partial charge in [0.05, 0.1) is 11.8 Å². The maximum atomic E-state index is 5.41. The number of likely N-dealkylation sites (tertiary alicyclic amines) is 1. The predicted molar refractivity (Wildman–Crippen MR) is 87.7 cm³/mol. The standard InChI is InChI=1S/C16H31N5O/c1-4-19(5-2)9-6-10-21-14-15(17-18-21)13-20-11-7-16(22-3)8-12-20/h14,16H,4-13H2,1-3H3. The summed E-state index contributed by atoms with van der Waals surface area (Å²) < 4.78 is 7.40. The Morgan fingerprint density at radius 1 is 1.27 bits per heavy atom. The first-order valence-corrected chi connectivity index (χ1v) is 8.61. The molecule has 2 heterocycles. The highest BCUT2D eigenvalue weighted by molar-refractivity contribution is 4.93. The van der Waals surface area contributed by atoms with Crippen LogP contribution in [0, 0.1) is 0 Å². The maximum Gasteiger partial charge on any atom is 0.0967 e. The highest BCUT2D eigenvalue weighted by Gasteiger charge is 2.19. The van der Waals surface area contributed by atoms with Crippen molar-refractivity contribution in [3.8, 4) is 0 Å². The molecule has 0 saturated carbocycles. The topological polar surface area (TPSA) is 46.4 Å². The molecule has 6 heteroatoms. The normalized spacial score (nSPS) is 17.5. The highest BCUT2D eigenvalue weighted by Crippen LogP contribution is 2.14. The van der Waals surface area contributed by atoms with Crippen LogP contribution in [-0.2, 0) is 17.8 Å². The van der Waals surface area contributed by atoms with Gasteiger partial charge in [0.15, 0.2) is 0 Å². The number of aryl methyl sites for hydroxylation is 1. The minimum atomic E-state index is 0.437. The van der Waals surface area contributed by atoms with Crippen molar-refractivity contribution in [3.05, 3.63) is 11.9 Å². The lowest BCUT2D eigenvalue weighted by Gasteiger charge is -2.30. The molecule has 0 atom stereocenters. The first kappa shape index (κ1) is 17.4. The molecule has 1 aromatic rings. The quantitative estimate of drug-likeness (QED) is 0.694. The number of rotatable bonds is 9. The Hall–Kier alpha value is -0.980. The molecule has 6 nitrogen and oxygen atoms in total. The van der Waals surface area contributed by atoms with Gasteiger partial charge in [0.1, 0.15) is 0 Å². The molecule has 0 aliphatic carbocycles. The van der Waals surface area contributed by atoms with Crippen molar-refractivity contribution in [1.82, 2.24) is 24.8 Å². The number of piperidine rings is 1. The van der Waals surface area contributed by atoms with Gasteiger partial charge in [0, 0.05) is 39.5 Å². The zero-order chi connectivity index (χ0) is 15.8. The molecule has 0 aromatic carbocycles. The Balaban J connectivity index is 1.70. The molecule has 0 bridgehead atoms. The summed E-state index contributed by atoms with van der Waals surface area (Å²) in [5.41, 5.74) is 1.08. The molecule has 1 aliphatic heterocycles. The van der Waals surface area contributed by atoms with Crippen LogP contribution in [0.5, 0.6) is 0 Å². The zero-order valence-corrected chi connectivity index (χ0v) is 14.4. The van der Waals surface area contributed by atoms with Gasteiger partial charge in [-0.3, -0.25) is 9.58 Å². The second kappa shape index (κ2) is 9.22. The lowest BCUT2D eigenvalue weighted by Crippen LogP contribution is -2.36. The summed E-state index contributed by atoms with van der Waals surface area (Å²) in [7, 11) is 1.81. The molecule has 0 spiro atoms. The van der Waals surface area contributed by atoms with E-state index in [-0.39, 0.29) is 0 Å². The van der Waals surface area contributed by atoms with E-state index in [9.17, 15) is 0 Å². The minimum Gasteiger partial charge on any atom is -0.381 e. The summed E-state index contributed by atoms with van der Waals surface area (Å²) in [4.78, 5) is 4.89. The van der Waals surface area contributed by atoms with Crippen molar-refractivity contribution in [3.63, 3.8) is 0 Å². The van der Waals surface area contributed by atoms with Crippen LogP contribution < -0.4 is 0 Å². The van der Waals surface area contributed by atoms with Gasteiger partial charge in [-0.1, -0.05) is 19.1 Å². The molecule has 126 valence electrons. The second-order valence-electron chi connectivity index (χ2n) is 6.06. The monoisotopic (exact) mass is 309 g/mol. The molecular weight excluding hydrogens is 278 g/mol. The van der Waals surface area contributed by atoms with Gasteiger partial charge in [-0.25, -0.2) is 0 Å². The van der Waals surface area contributed by atoms with E-state index in [4.69, 9.17) is 4.74 Å². The fourth-order valence-electron chi connectivity index (χ4n) is 3.05. The average Bonchev–Trinajstić information content (AvgIpc) is 3.00. The molecule has 1 fully saturated rings. The van der Waals surface area contributed by atoms with Crippen molar-refractivity contribution < 1.29 is 4.74 Å². The summed E-state index contributed by atoms with van der Waals surface area (Å²) in [6.07, 6.45) is 5.91. The van der Waals surface area contributed by atoms with E-state index in [1.807, 2.05) is 11.8 Å². The van der Waals surface area contributed by atoms with Gasteiger partial charge in [0.25, 0.3) is 0 Å². The molecule has 1 aromatic heterocycles. The SMILES string of the molecule is CCN(CC)CCCn1cc(CN2CCC(OC)CC2)nn1. The zero-order valence-electron chi connectivity index (χ0n) is 14.4. The molecule has 0 amide bonds. The molecular formula is C16H31N5O. The molecule has 0 unspecified atom stereocenters. The Morgan fingerprint density at radius 3 is 2.64 bits per heavy atom. The molecule has 22 heavy (non-hydrogen) atoms. The van der Waals surface area contributed by atoms with Crippen LogP contribution in [-0.4, -0.2) is 70.7 Å². The van der Waals surface area contributed by atoms with Crippen LogP contribution in [0.2, 0.25) is 0 Å². The van der Waals surface area contributed by atoms with E-state index in [1.165, 1.54) is 0 Å². The van der Waals surface area contributed by atoms with Crippen molar-refractivity contribution in [1.29, 1.82) is 0 Å². The van der Waals surface area contributed by atoms with E-state index in [1.54, 1.807) is 0 Å². The Labute approximate surface area is 134 Å². The average molecular weight is 309 g/mol. The van der Waals surface area contributed by atoms with Gasteiger partial charge in [-0.15, -0.1) is 5.10 Å². The number of methoxy groups -OCH3 is 1.